The quantitative estimate of drug-likeness (QED) is 0.558. The highest BCUT2D eigenvalue weighted by Gasteiger charge is 2.15. The number of hydrogen-bond donors (Lipinski definition) is 1. The van der Waals surface area contributed by atoms with Crippen LogP contribution in [0.1, 0.15) is 31.9 Å². The molecule has 2 rings (SSSR count). The molecule has 2 aromatic carbocycles. The van der Waals surface area contributed by atoms with Gasteiger partial charge < -0.3 is 19.5 Å². The number of thiocarbonyl (C=S) groups is 1. The third-order valence-corrected chi connectivity index (χ3v) is 4.64. The molecule has 0 amide bonds. The fourth-order valence-corrected chi connectivity index (χ4v) is 3.17. The van der Waals surface area contributed by atoms with Crippen LogP contribution in [0.3, 0.4) is 0 Å². The fourth-order valence-electron chi connectivity index (χ4n) is 2.92. The summed E-state index contributed by atoms with van der Waals surface area (Å²) < 4.78 is 17.1. The lowest BCUT2D eigenvalue weighted by Gasteiger charge is -2.20. The first kappa shape index (κ1) is 22.2. The fraction of sp³-hybridized carbons (Fsp3) is 0.435. The SMILES string of the molecule is CCOC(Cc1ccccc1)C(=S)NCCc1ccc(OC(C)C)c(OC)c1. The van der Waals surface area contributed by atoms with E-state index in [4.69, 9.17) is 26.4 Å². The molecule has 152 valence electrons. The van der Waals surface area contributed by atoms with Crippen LogP contribution >= 0.6 is 12.2 Å². The normalized spacial score (nSPS) is 11.9. The molecular formula is C23H31NO3S. The van der Waals surface area contributed by atoms with E-state index in [1.165, 1.54) is 11.1 Å². The molecule has 0 aliphatic heterocycles. The first-order valence-corrected chi connectivity index (χ1v) is 10.2. The third kappa shape index (κ3) is 7.13. The van der Waals surface area contributed by atoms with Gasteiger partial charge in [-0.15, -0.1) is 0 Å². The van der Waals surface area contributed by atoms with Gasteiger partial charge in [-0.05, 0) is 50.5 Å². The average molecular weight is 402 g/mol. The summed E-state index contributed by atoms with van der Waals surface area (Å²) in [6.07, 6.45) is 1.61. The van der Waals surface area contributed by atoms with Gasteiger partial charge in [0.25, 0.3) is 0 Å². The van der Waals surface area contributed by atoms with Crippen LogP contribution in [0.25, 0.3) is 0 Å². The van der Waals surface area contributed by atoms with Crippen LogP contribution in [-0.2, 0) is 17.6 Å². The molecule has 2 aromatic rings. The second-order valence-corrected chi connectivity index (χ2v) is 7.27. The van der Waals surface area contributed by atoms with Crippen molar-refractivity contribution in [2.24, 2.45) is 0 Å². The van der Waals surface area contributed by atoms with Crippen LogP contribution in [0.2, 0.25) is 0 Å². The highest BCUT2D eigenvalue weighted by atomic mass is 32.1. The lowest BCUT2D eigenvalue weighted by Crippen LogP contribution is -2.37. The Bertz CT molecular complexity index is 734. The first-order chi connectivity index (χ1) is 13.5. The molecule has 0 bridgehead atoms. The van der Waals surface area contributed by atoms with E-state index in [-0.39, 0.29) is 12.2 Å². The van der Waals surface area contributed by atoms with Crippen molar-refractivity contribution < 1.29 is 14.2 Å². The van der Waals surface area contributed by atoms with E-state index in [2.05, 4.69) is 23.5 Å². The van der Waals surface area contributed by atoms with Crippen LogP contribution in [-0.4, -0.2) is 37.5 Å². The number of methoxy groups -OCH3 is 1. The molecule has 1 N–H and O–H groups in total. The molecule has 5 heteroatoms. The molecule has 1 atom stereocenters. The van der Waals surface area contributed by atoms with Crippen molar-refractivity contribution in [1.29, 1.82) is 0 Å². The van der Waals surface area contributed by atoms with Gasteiger partial charge in [-0.3, -0.25) is 0 Å². The molecule has 0 fully saturated rings. The number of hydrogen-bond acceptors (Lipinski definition) is 4. The van der Waals surface area contributed by atoms with Gasteiger partial charge in [-0.2, -0.15) is 0 Å². The van der Waals surface area contributed by atoms with Gasteiger partial charge in [0, 0.05) is 19.6 Å². The lowest BCUT2D eigenvalue weighted by molar-refractivity contribution is 0.109. The van der Waals surface area contributed by atoms with Crippen molar-refractivity contribution in [3.8, 4) is 11.5 Å². The van der Waals surface area contributed by atoms with Crippen molar-refractivity contribution in [2.75, 3.05) is 20.3 Å². The molecule has 0 aliphatic rings. The summed E-state index contributed by atoms with van der Waals surface area (Å²) in [5.41, 5.74) is 2.38. The summed E-state index contributed by atoms with van der Waals surface area (Å²) in [6.45, 7) is 7.37. The third-order valence-electron chi connectivity index (χ3n) is 4.23. The molecule has 1 unspecified atom stereocenters. The van der Waals surface area contributed by atoms with E-state index in [1.54, 1.807) is 7.11 Å². The van der Waals surface area contributed by atoms with Gasteiger partial charge in [0.05, 0.1) is 13.2 Å². The zero-order chi connectivity index (χ0) is 20.4. The van der Waals surface area contributed by atoms with Crippen molar-refractivity contribution in [3.63, 3.8) is 0 Å². The van der Waals surface area contributed by atoms with E-state index >= 15 is 0 Å². The van der Waals surface area contributed by atoms with E-state index in [9.17, 15) is 0 Å². The maximum atomic E-state index is 5.86. The average Bonchev–Trinajstić information content (AvgIpc) is 2.69. The molecule has 0 heterocycles. The summed E-state index contributed by atoms with van der Waals surface area (Å²) in [6, 6.07) is 16.3. The maximum Gasteiger partial charge on any atom is 0.161 e. The van der Waals surface area contributed by atoms with Gasteiger partial charge in [-0.1, -0.05) is 48.6 Å². The Hall–Kier alpha value is -2.11. The van der Waals surface area contributed by atoms with Gasteiger partial charge in [0.2, 0.25) is 0 Å². The Morgan fingerprint density at radius 1 is 1.04 bits per heavy atom. The van der Waals surface area contributed by atoms with Gasteiger partial charge >= 0.3 is 0 Å². The van der Waals surface area contributed by atoms with E-state index in [0.29, 0.717) is 6.61 Å². The molecule has 28 heavy (non-hydrogen) atoms. The monoisotopic (exact) mass is 401 g/mol. The van der Waals surface area contributed by atoms with Crippen LogP contribution in [0.4, 0.5) is 0 Å². The molecule has 4 nitrogen and oxygen atoms in total. The highest BCUT2D eigenvalue weighted by molar-refractivity contribution is 7.80. The predicted molar refractivity (Wildman–Crippen MR) is 119 cm³/mol. The van der Waals surface area contributed by atoms with Crippen LogP contribution in [0.15, 0.2) is 48.5 Å². The Morgan fingerprint density at radius 2 is 1.79 bits per heavy atom. The van der Waals surface area contributed by atoms with E-state index in [0.717, 1.165) is 35.9 Å². The molecule has 0 spiro atoms. The van der Waals surface area contributed by atoms with Crippen LogP contribution in [0, 0.1) is 0 Å². The standard InChI is InChI=1S/C23H31NO3S/c1-5-26-22(16-18-9-7-6-8-10-18)23(28)24-14-13-19-11-12-20(27-17(2)3)21(15-19)25-4/h6-12,15,17,22H,5,13-14,16H2,1-4H3,(H,24,28). The zero-order valence-electron chi connectivity index (χ0n) is 17.2. The topological polar surface area (TPSA) is 39.7 Å². The minimum absolute atomic E-state index is 0.110. The molecule has 0 radical (unpaired) electrons. The van der Waals surface area contributed by atoms with Crippen LogP contribution in [0.5, 0.6) is 11.5 Å². The second kappa shape index (κ2) is 11.7. The molecule has 0 saturated heterocycles. The second-order valence-electron chi connectivity index (χ2n) is 6.83. The maximum absolute atomic E-state index is 5.86. The Morgan fingerprint density at radius 3 is 2.43 bits per heavy atom. The summed E-state index contributed by atoms with van der Waals surface area (Å²) in [5, 5.41) is 3.35. The van der Waals surface area contributed by atoms with Gasteiger partial charge in [-0.25, -0.2) is 0 Å². The smallest absolute Gasteiger partial charge is 0.161 e. The Labute approximate surface area is 174 Å². The largest absolute Gasteiger partial charge is 0.493 e. The minimum atomic E-state index is -0.112. The Balaban J connectivity index is 1.90. The summed E-state index contributed by atoms with van der Waals surface area (Å²) >= 11 is 5.59. The zero-order valence-corrected chi connectivity index (χ0v) is 18.1. The lowest BCUT2D eigenvalue weighted by atomic mass is 10.1. The minimum Gasteiger partial charge on any atom is -0.493 e. The summed E-state index contributed by atoms with van der Waals surface area (Å²) in [4.78, 5) is 0.748. The van der Waals surface area contributed by atoms with Crippen LogP contribution < -0.4 is 14.8 Å². The van der Waals surface area contributed by atoms with Crippen molar-refractivity contribution in [1.82, 2.24) is 5.32 Å². The number of rotatable bonds is 11. The Kier molecular flexibility index (Phi) is 9.24. The number of nitrogens with one attached hydrogen (secondary N) is 1. The molecule has 0 aliphatic carbocycles. The van der Waals surface area contributed by atoms with Gasteiger partial charge in [0.15, 0.2) is 11.5 Å². The van der Waals surface area contributed by atoms with Crippen molar-refractivity contribution in [3.05, 3.63) is 59.7 Å². The van der Waals surface area contributed by atoms with Crippen molar-refractivity contribution >= 4 is 17.2 Å². The summed E-state index contributed by atoms with van der Waals surface area (Å²) in [7, 11) is 1.66. The predicted octanol–water partition coefficient (Wildman–Crippen LogP) is 4.59. The molecule has 0 saturated carbocycles. The highest BCUT2D eigenvalue weighted by Crippen LogP contribution is 2.29. The summed E-state index contributed by atoms with van der Waals surface area (Å²) in [5.74, 6) is 1.52. The number of ether oxygens (including phenoxy) is 3. The van der Waals surface area contributed by atoms with Gasteiger partial charge in [0.1, 0.15) is 11.1 Å². The number of benzene rings is 2. The van der Waals surface area contributed by atoms with E-state index < -0.39 is 0 Å². The molecular weight excluding hydrogens is 370 g/mol. The van der Waals surface area contributed by atoms with E-state index in [1.807, 2.05) is 51.1 Å². The molecule has 0 aromatic heterocycles. The van der Waals surface area contributed by atoms with Crippen molar-refractivity contribution in [2.45, 2.75) is 45.8 Å². The first-order valence-electron chi connectivity index (χ1n) is 9.80.